The summed E-state index contributed by atoms with van der Waals surface area (Å²) in [6, 6.07) is -0.114. The minimum Gasteiger partial charge on any atom is -0.462 e. The molecule has 2 N–H and O–H groups in total. The number of carbonyl (C=O) groups excluding carboxylic acids is 4. The van der Waals surface area contributed by atoms with Crippen LogP contribution in [0.25, 0.3) is 0 Å². The zero-order valence-electron chi connectivity index (χ0n) is 16.5. The highest BCUT2D eigenvalue weighted by atomic mass is 32.2. The summed E-state index contributed by atoms with van der Waals surface area (Å²) in [6.07, 6.45) is 0.714. The summed E-state index contributed by atoms with van der Waals surface area (Å²) in [7, 11) is 1.57. The fourth-order valence-corrected chi connectivity index (χ4v) is 3.20. The van der Waals surface area contributed by atoms with Crippen molar-refractivity contribution in [1.82, 2.24) is 10.6 Å². The Morgan fingerprint density at radius 2 is 1.74 bits per heavy atom. The van der Waals surface area contributed by atoms with Gasteiger partial charge in [-0.1, -0.05) is 6.58 Å². The lowest BCUT2D eigenvalue weighted by Gasteiger charge is -2.20. The van der Waals surface area contributed by atoms with Gasteiger partial charge >= 0.3 is 11.9 Å². The van der Waals surface area contributed by atoms with Gasteiger partial charge in [-0.3, -0.25) is 14.4 Å². The summed E-state index contributed by atoms with van der Waals surface area (Å²) in [4.78, 5) is 45.8. The number of hydrogen-bond acceptors (Lipinski definition) is 7. The van der Waals surface area contributed by atoms with Crippen molar-refractivity contribution in [3.63, 3.8) is 0 Å². The predicted molar refractivity (Wildman–Crippen MR) is 104 cm³/mol. The minimum atomic E-state index is -0.518. The van der Waals surface area contributed by atoms with E-state index >= 15 is 0 Å². The maximum atomic E-state index is 12.0. The van der Waals surface area contributed by atoms with Gasteiger partial charge in [-0.15, -0.1) is 0 Å². The van der Waals surface area contributed by atoms with E-state index in [2.05, 4.69) is 17.2 Å². The first kappa shape index (κ1) is 25.0. The van der Waals surface area contributed by atoms with Crippen LogP contribution >= 0.6 is 11.8 Å². The highest BCUT2D eigenvalue weighted by Gasteiger charge is 2.20. The molecule has 0 aliphatic carbocycles. The average Bonchev–Trinajstić information content (AvgIpc) is 2.59. The van der Waals surface area contributed by atoms with Gasteiger partial charge in [-0.2, -0.15) is 11.8 Å². The Bertz CT molecular complexity index is 538. The van der Waals surface area contributed by atoms with E-state index in [-0.39, 0.29) is 49.0 Å². The third-order valence-corrected chi connectivity index (χ3v) is 4.53. The number of ether oxygens (including phenoxy) is 2. The van der Waals surface area contributed by atoms with E-state index in [4.69, 9.17) is 9.47 Å². The monoisotopic (exact) mass is 402 g/mol. The Labute approximate surface area is 164 Å². The van der Waals surface area contributed by atoms with Gasteiger partial charge in [-0.25, -0.2) is 4.79 Å². The lowest BCUT2D eigenvalue weighted by molar-refractivity contribution is -0.149. The zero-order chi connectivity index (χ0) is 20.8. The highest BCUT2D eigenvalue weighted by molar-refractivity contribution is 7.99. The van der Waals surface area contributed by atoms with E-state index in [1.165, 1.54) is 25.6 Å². The van der Waals surface area contributed by atoms with Gasteiger partial charge in [0.25, 0.3) is 0 Å². The molecule has 0 radical (unpaired) electrons. The summed E-state index contributed by atoms with van der Waals surface area (Å²) < 4.78 is 9.79. The molecule has 154 valence electrons. The van der Waals surface area contributed by atoms with Gasteiger partial charge in [0.15, 0.2) is 0 Å². The Balaban J connectivity index is 4.05. The number of rotatable bonds is 13. The number of hydrogen-bond donors (Lipinski definition) is 2. The second kappa shape index (κ2) is 14.1. The minimum absolute atomic E-state index is 0.00236. The van der Waals surface area contributed by atoms with Gasteiger partial charge < -0.3 is 20.1 Å². The molecule has 27 heavy (non-hydrogen) atoms. The summed E-state index contributed by atoms with van der Waals surface area (Å²) in [5, 5.41) is 5.38. The molecule has 0 rings (SSSR count). The van der Waals surface area contributed by atoms with E-state index in [1.807, 2.05) is 6.92 Å². The van der Waals surface area contributed by atoms with Gasteiger partial charge in [0.1, 0.15) is 13.2 Å². The van der Waals surface area contributed by atoms with Crippen LogP contribution in [0.4, 0.5) is 0 Å². The van der Waals surface area contributed by atoms with Crippen LogP contribution in [0.1, 0.15) is 33.6 Å². The molecule has 0 spiro atoms. The fourth-order valence-electron chi connectivity index (χ4n) is 2.15. The quantitative estimate of drug-likeness (QED) is 0.269. The second-order valence-corrected chi connectivity index (χ2v) is 7.26. The van der Waals surface area contributed by atoms with E-state index in [1.54, 1.807) is 7.05 Å². The second-order valence-electron chi connectivity index (χ2n) is 6.11. The summed E-state index contributed by atoms with van der Waals surface area (Å²) in [5.41, 5.74) is 0.288. The largest absolute Gasteiger partial charge is 0.462 e. The molecular weight excluding hydrogens is 372 g/mol. The first-order valence-corrected chi connectivity index (χ1v) is 9.87. The molecule has 0 saturated carbocycles. The molecule has 8 nitrogen and oxygen atoms in total. The molecule has 0 aromatic heterocycles. The van der Waals surface area contributed by atoms with Crippen LogP contribution in [0.3, 0.4) is 0 Å². The van der Waals surface area contributed by atoms with Crippen molar-refractivity contribution in [2.24, 2.45) is 5.92 Å². The van der Waals surface area contributed by atoms with E-state index in [0.29, 0.717) is 17.9 Å². The van der Waals surface area contributed by atoms with Gasteiger partial charge in [0.2, 0.25) is 11.8 Å². The molecule has 9 heteroatoms. The third-order valence-electron chi connectivity index (χ3n) is 3.40. The van der Waals surface area contributed by atoms with E-state index in [9.17, 15) is 19.2 Å². The summed E-state index contributed by atoms with van der Waals surface area (Å²) >= 11 is 1.47. The average molecular weight is 403 g/mol. The molecule has 0 fully saturated rings. The Morgan fingerprint density at radius 1 is 1.11 bits per heavy atom. The van der Waals surface area contributed by atoms with E-state index < -0.39 is 11.9 Å². The Hall–Kier alpha value is -2.03. The molecular formula is C18H30N2O6S. The maximum absolute atomic E-state index is 12.0. The van der Waals surface area contributed by atoms with Gasteiger partial charge in [-0.05, 0) is 20.3 Å². The SMILES string of the molecule is C=C(C)C(=O)OCCOC(=O)CCSCC(CC(C)NC(C)=O)C(=O)NC. The third kappa shape index (κ3) is 12.9. The molecule has 0 bridgehead atoms. The highest BCUT2D eigenvalue weighted by Crippen LogP contribution is 2.16. The lowest BCUT2D eigenvalue weighted by atomic mass is 10.0. The number of amides is 2. The standard InChI is InChI=1S/C18H30N2O6S/c1-12(2)18(24)26-8-7-25-16(22)6-9-27-11-15(17(23)19-5)10-13(3)20-14(4)21/h13,15H,1,6-11H2,2-5H3,(H,19,23)(H,20,21). The molecule has 0 aliphatic heterocycles. The molecule has 2 unspecified atom stereocenters. The van der Waals surface area contributed by atoms with Crippen LogP contribution in [0.15, 0.2) is 12.2 Å². The first-order chi connectivity index (χ1) is 12.7. The molecule has 0 aromatic rings. The number of esters is 2. The number of carbonyl (C=O) groups is 4. The van der Waals surface area contributed by atoms with Crippen LogP contribution in [0, 0.1) is 5.92 Å². The van der Waals surface area contributed by atoms with Crippen LogP contribution in [0.5, 0.6) is 0 Å². The van der Waals surface area contributed by atoms with Crippen molar-refractivity contribution in [3.8, 4) is 0 Å². The molecule has 0 aromatic carbocycles. The zero-order valence-corrected chi connectivity index (χ0v) is 17.3. The number of thioether (sulfide) groups is 1. The van der Waals surface area contributed by atoms with Crippen molar-refractivity contribution >= 4 is 35.5 Å². The van der Waals surface area contributed by atoms with E-state index in [0.717, 1.165) is 0 Å². The van der Waals surface area contributed by atoms with Crippen LogP contribution in [-0.4, -0.2) is 61.6 Å². The maximum Gasteiger partial charge on any atom is 0.333 e. The van der Waals surface area contributed by atoms with Crippen molar-refractivity contribution in [2.45, 2.75) is 39.7 Å². The molecule has 2 atom stereocenters. The summed E-state index contributed by atoms with van der Waals surface area (Å²) in [6.45, 7) is 8.26. The van der Waals surface area contributed by atoms with Crippen molar-refractivity contribution < 1.29 is 28.7 Å². The van der Waals surface area contributed by atoms with Crippen LogP contribution in [0.2, 0.25) is 0 Å². The van der Waals surface area contributed by atoms with Crippen LogP contribution in [-0.2, 0) is 28.7 Å². The summed E-state index contributed by atoms with van der Waals surface area (Å²) in [5.74, 6) is -0.365. The van der Waals surface area contributed by atoms with Crippen molar-refractivity contribution in [2.75, 3.05) is 31.8 Å². The molecule has 0 aliphatic rings. The lowest BCUT2D eigenvalue weighted by Crippen LogP contribution is -2.37. The van der Waals surface area contributed by atoms with Crippen molar-refractivity contribution in [1.29, 1.82) is 0 Å². The predicted octanol–water partition coefficient (Wildman–Crippen LogP) is 1.05. The normalized spacial score (nSPS) is 12.4. The topological polar surface area (TPSA) is 111 Å². The number of nitrogens with one attached hydrogen (secondary N) is 2. The Morgan fingerprint density at radius 3 is 2.30 bits per heavy atom. The Kier molecular flexibility index (Phi) is 13.0. The first-order valence-electron chi connectivity index (χ1n) is 8.72. The smallest absolute Gasteiger partial charge is 0.333 e. The van der Waals surface area contributed by atoms with Crippen molar-refractivity contribution in [3.05, 3.63) is 12.2 Å². The van der Waals surface area contributed by atoms with Gasteiger partial charge in [0.05, 0.1) is 6.42 Å². The molecule has 2 amide bonds. The van der Waals surface area contributed by atoms with Crippen LogP contribution < -0.4 is 10.6 Å². The fraction of sp³-hybridized carbons (Fsp3) is 0.667. The van der Waals surface area contributed by atoms with Gasteiger partial charge in [0, 0.05) is 43.0 Å². The molecule has 0 saturated heterocycles. The molecule has 0 heterocycles.